The van der Waals surface area contributed by atoms with E-state index < -0.39 is 11.9 Å². The average molecular weight is 489 g/mol. The maximum absolute atomic E-state index is 12.9. The van der Waals surface area contributed by atoms with Gasteiger partial charge < -0.3 is 20.7 Å². The number of carbonyl (C=O) groups excluding carboxylic acids is 3. The Labute approximate surface area is 208 Å². The zero-order valence-corrected chi connectivity index (χ0v) is 19.7. The molecule has 2 amide bonds. The first-order valence-electron chi connectivity index (χ1n) is 10.7. The van der Waals surface area contributed by atoms with Crippen molar-refractivity contribution in [3.8, 4) is 0 Å². The van der Waals surface area contributed by atoms with Gasteiger partial charge in [0.05, 0.1) is 17.9 Å². The fourth-order valence-corrected chi connectivity index (χ4v) is 3.17. The van der Waals surface area contributed by atoms with Gasteiger partial charge in [-0.3, -0.25) is 14.9 Å². The van der Waals surface area contributed by atoms with Gasteiger partial charge in [0.2, 0.25) is 5.91 Å². The standard InChI is InChI=1S/C26H24N4O4S/c1-2-34-24(32)17-16-23(31)30-26(35)29-22-11-7-6-10-21(22)25(33)28-20-14-12-19(13-15-20)27-18-8-4-3-5-9-18/h3-17,27H,2H2,1H3,(H,28,33)(H2,29,30,31,35)/b17-16+. The van der Waals surface area contributed by atoms with Crippen molar-refractivity contribution in [2.24, 2.45) is 0 Å². The number of rotatable bonds is 8. The quantitative estimate of drug-likeness (QED) is 0.208. The third-order valence-electron chi connectivity index (χ3n) is 4.52. The second-order valence-electron chi connectivity index (χ2n) is 7.10. The fraction of sp³-hybridized carbons (Fsp3) is 0.0769. The molecule has 35 heavy (non-hydrogen) atoms. The summed E-state index contributed by atoms with van der Waals surface area (Å²) in [5.41, 5.74) is 3.20. The number of hydrogen-bond donors (Lipinski definition) is 4. The lowest BCUT2D eigenvalue weighted by Gasteiger charge is -2.13. The lowest BCUT2D eigenvalue weighted by molar-refractivity contribution is -0.137. The Balaban J connectivity index is 1.59. The first-order valence-corrected chi connectivity index (χ1v) is 11.1. The number of ether oxygens (including phenoxy) is 1. The molecule has 4 N–H and O–H groups in total. The van der Waals surface area contributed by atoms with E-state index in [1.807, 2.05) is 42.5 Å². The maximum Gasteiger partial charge on any atom is 0.330 e. The van der Waals surface area contributed by atoms with Crippen molar-refractivity contribution in [1.82, 2.24) is 5.32 Å². The molecule has 0 aromatic heterocycles. The van der Waals surface area contributed by atoms with E-state index in [-0.39, 0.29) is 17.6 Å². The average Bonchev–Trinajstić information content (AvgIpc) is 2.85. The molecule has 0 saturated heterocycles. The summed E-state index contributed by atoms with van der Waals surface area (Å²) < 4.78 is 4.71. The Morgan fingerprint density at radius 3 is 2.14 bits per heavy atom. The van der Waals surface area contributed by atoms with Crippen LogP contribution in [0, 0.1) is 0 Å². The van der Waals surface area contributed by atoms with E-state index >= 15 is 0 Å². The van der Waals surface area contributed by atoms with E-state index in [0.717, 1.165) is 23.5 Å². The maximum atomic E-state index is 12.9. The summed E-state index contributed by atoms with van der Waals surface area (Å²) >= 11 is 5.16. The molecule has 0 bridgehead atoms. The van der Waals surface area contributed by atoms with Crippen LogP contribution in [0.5, 0.6) is 0 Å². The molecule has 3 aromatic rings. The Bertz CT molecular complexity index is 1230. The number of nitrogens with one attached hydrogen (secondary N) is 4. The highest BCUT2D eigenvalue weighted by molar-refractivity contribution is 7.80. The molecule has 0 atom stereocenters. The zero-order chi connectivity index (χ0) is 25.0. The zero-order valence-electron chi connectivity index (χ0n) is 18.9. The van der Waals surface area contributed by atoms with Gasteiger partial charge in [0.1, 0.15) is 0 Å². The largest absolute Gasteiger partial charge is 0.463 e. The molecular formula is C26H24N4O4S. The third-order valence-corrected chi connectivity index (χ3v) is 4.72. The smallest absolute Gasteiger partial charge is 0.330 e. The van der Waals surface area contributed by atoms with E-state index in [4.69, 9.17) is 17.0 Å². The van der Waals surface area contributed by atoms with Crippen LogP contribution in [0.3, 0.4) is 0 Å². The van der Waals surface area contributed by atoms with Crippen LogP contribution in [0.1, 0.15) is 17.3 Å². The van der Waals surface area contributed by atoms with Gasteiger partial charge >= 0.3 is 5.97 Å². The van der Waals surface area contributed by atoms with Crippen LogP contribution in [-0.4, -0.2) is 29.5 Å². The second kappa shape index (κ2) is 12.7. The molecule has 3 rings (SSSR count). The highest BCUT2D eigenvalue weighted by Gasteiger charge is 2.13. The van der Waals surface area contributed by atoms with Gasteiger partial charge in [0.15, 0.2) is 5.11 Å². The Morgan fingerprint density at radius 2 is 1.43 bits per heavy atom. The first-order chi connectivity index (χ1) is 16.9. The number of carbonyl (C=O) groups is 3. The number of esters is 1. The van der Waals surface area contributed by atoms with Crippen LogP contribution < -0.4 is 21.3 Å². The molecule has 3 aromatic carbocycles. The summed E-state index contributed by atoms with van der Waals surface area (Å²) in [6, 6.07) is 23.8. The molecule has 0 spiro atoms. The Morgan fingerprint density at radius 1 is 0.800 bits per heavy atom. The van der Waals surface area contributed by atoms with Crippen molar-refractivity contribution in [2.75, 3.05) is 22.6 Å². The first kappa shape index (κ1) is 25.1. The molecule has 0 fully saturated rings. The molecule has 0 aliphatic rings. The van der Waals surface area contributed by atoms with E-state index in [1.165, 1.54) is 0 Å². The van der Waals surface area contributed by atoms with E-state index in [0.29, 0.717) is 16.9 Å². The molecule has 8 nitrogen and oxygen atoms in total. The highest BCUT2D eigenvalue weighted by Crippen LogP contribution is 2.21. The van der Waals surface area contributed by atoms with E-state index in [2.05, 4.69) is 21.3 Å². The van der Waals surface area contributed by atoms with Crippen LogP contribution in [-0.2, 0) is 14.3 Å². The van der Waals surface area contributed by atoms with Crippen LogP contribution in [0.4, 0.5) is 22.7 Å². The Kier molecular flexibility index (Phi) is 9.09. The van der Waals surface area contributed by atoms with Gasteiger partial charge in [-0.05, 0) is 67.7 Å². The molecule has 0 aliphatic carbocycles. The van der Waals surface area contributed by atoms with Gasteiger partial charge in [-0.2, -0.15) is 0 Å². The van der Waals surface area contributed by atoms with Crippen molar-refractivity contribution >= 4 is 57.9 Å². The molecular weight excluding hydrogens is 464 g/mol. The number of hydrogen-bond acceptors (Lipinski definition) is 6. The summed E-state index contributed by atoms with van der Waals surface area (Å²) in [7, 11) is 0. The number of benzene rings is 3. The minimum atomic E-state index is -0.632. The lowest BCUT2D eigenvalue weighted by Crippen LogP contribution is -2.33. The third kappa shape index (κ3) is 8.09. The molecule has 178 valence electrons. The summed E-state index contributed by atoms with van der Waals surface area (Å²) in [6.07, 6.45) is 2.02. The normalized spacial score (nSPS) is 10.3. The molecule has 0 saturated carbocycles. The number of para-hydroxylation sites is 2. The minimum absolute atomic E-state index is 0.0277. The van der Waals surface area contributed by atoms with Gasteiger partial charge in [-0.1, -0.05) is 30.3 Å². The monoisotopic (exact) mass is 488 g/mol. The van der Waals surface area contributed by atoms with Gasteiger partial charge in [0, 0.05) is 29.2 Å². The SMILES string of the molecule is CCOC(=O)/C=C/C(=O)NC(=S)Nc1ccccc1C(=O)Nc1ccc(Nc2ccccc2)cc1. The second-order valence-corrected chi connectivity index (χ2v) is 7.51. The van der Waals surface area contributed by atoms with Gasteiger partial charge in [0.25, 0.3) is 5.91 Å². The number of anilines is 4. The summed E-state index contributed by atoms with van der Waals surface area (Å²) in [5.74, 6) is -1.60. The molecule has 0 aliphatic heterocycles. The predicted octanol–water partition coefficient (Wildman–Crippen LogP) is 4.61. The topological polar surface area (TPSA) is 109 Å². The summed E-state index contributed by atoms with van der Waals surface area (Å²) in [5, 5.41) is 11.4. The molecule has 0 heterocycles. The van der Waals surface area contributed by atoms with E-state index in [9.17, 15) is 14.4 Å². The Hall–Kier alpha value is -4.50. The van der Waals surface area contributed by atoms with Crippen molar-refractivity contribution in [3.63, 3.8) is 0 Å². The summed E-state index contributed by atoms with van der Waals surface area (Å²) in [4.78, 5) is 36.1. The van der Waals surface area contributed by atoms with Crippen molar-refractivity contribution in [1.29, 1.82) is 0 Å². The van der Waals surface area contributed by atoms with Crippen molar-refractivity contribution in [3.05, 3.63) is 96.6 Å². The van der Waals surface area contributed by atoms with Crippen molar-refractivity contribution in [2.45, 2.75) is 6.92 Å². The van der Waals surface area contributed by atoms with Crippen LogP contribution in [0.2, 0.25) is 0 Å². The minimum Gasteiger partial charge on any atom is -0.463 e. The fourth-order valence-electron chi connectivity index (χ4n) is 2.95. The highest BCUT2D eigenvalue weighted by atomic mass is 32.1. The molecule has 0 unspecified atom stereocenters. The van der Waals surface area contributed by atoms with Crippen LogP contribution in [0.25, 0.3) is 0 Å². The molecule has 0 radical (unpaired) electrons. The van der Waals surface area contributed by atoms with E-state index in [1.54, 1.807) is 43.3 Å². The van der Waals surface area contributed by atoms with Gasteiger partial charge in [-0.25, -0.2) is 4.79 Å². The van der Waals surface area contributed by atoms with Crippen LogP contribution >= 0.6 is 12.2 Å². The predicted molar refractivity (Wildman–Crippen MR) is 141 cm³/mol. The molecule has 9 heteroatoms. The summed E-state index contributed by atoms with van der Waals surface area (Å²) in [6.45, 7) is 1.87. The number of thiocarbonyl (C=S) groups is 1. The van der Waals surface area contributed by atoms with Crippen molar-refractivity contribution < 1.29 is 19.1 Å². The van der Waals surface area contributed by atoms with Crippen LogP contribution in [0.15, 0.2) is 91.0 Å². The number of amides is 2. The van der Waals surface area contributed by atoms with Gasteiger partial charge in [-0.15, -0.1) is 0 Å². The lowest BCUT2D eigenvalue weighted by atomic mass is 10.1.